The summed E-state index contributed by atoms with van der Waals surface area (Å²) in [7, 11) is 3.50. The fourth-order valence-electron chi connectivity index (χ4n) is 4.00. The molecule has 1 aliphatic carbocycles. The Labute approximate surface area is 167 Å². The predicted molar refractivity (Wildman–Crippen MR) is 112 cm³/mol. The molecule has 0 N–H and O–H groups in total. The lowest BCUT2D eigenvalue weighted by Crippen LogP contribution is -2.27. The first-order chi connectivity index (χ1) is 12.7. The van der Waals surface area contributed by atoms with Crippen LogP contribution in [-0.4, -0.2) is 31.2 Å². The van der Waals surface area contributed by atoms with Crippen molar-refractivity contribution in [3.05, 3.63) is 30.7 Å². The fourth-order valence-corrected chi connectivity index (χ4v) is 5.64. The number of fused-ring (bicyclic) bond motifs is 1. The van der Waals surface area contributed by atoms with Crippen LogP contribution in [0.4, 0.5) is 5.69 Å². The zero-order valence-corrected chi connectivity index (χ0v) is 17.3. The molecule has 0 spiro atoms. The Morgan fingerprint density at radius 1 is 1.31 bits per heavy atom. The van der Waals surface area contributed by atoms with Crippen molar-refractivity contribution < 1.29 is 4.79 Å². The molecule has 2 fully saturated rings. The smallest absolute Gasteiger partial charge is 0.230 e. The number of halogens is 1. The van der Waals surface area contributed by atoms with Gasteiger partial charge in [-0.1, -0.05) is 0 Å². The second kappa shape index (κ2) is 6.26. The van der Waals surface area contributed by atoms with Gasteiger partial charge in [-0.15, -0.1) is 0 Å². The largest absolute Gasteiger partial charge is 0.311 e. The van der Waals surface area contributed by atoms with Gasteiger partial charge >= 0.3 is 0 Å². The van der Waals surface area contributed by atoms with Crippen molar-refractivity contribution in [2.75, 3.05) is 11.4 Å². The molecule has 5 rings (SSSR count). The van der Waals surface area contributed by atoms with E-state index in [2.05, 4.69) is 41.3 Å². The third-order valence-corrected chi connectivity index (χ3v) is 7.13. The van der Waals surface area contributed by atoms with Crippen molar-refractivity contribution in [3.8, 4) is 11.3 Å². The Bertz CT molecular complexity index is 1010. The zero-order chi connectivity index (χ0) is 17.8. The van der Waals surface area contributed by atoms with E-state index in [0.29, 0.717) is 5.92 Å². The molecular weight excluding hydrogens is 461 g/mol. The minimum atomic E-state index is 0.219. The molecule has 0 aromatic carbocycles. The molecule has 1 atom stereocenters. The maximum atomic E-state index is 12.9. The van der Waals surface area contributed by atoms with Gasteiger partial charge < -0.3 is 4.90 Å². The van der Waals surface area contributed by atoms with Gasteiger partial charge in [0.2, 0.25) is 5.91 Å². The van der Waals surface area contributed by atoms with Gasteiger partial charge in [-0.25, -0.2) is 4.98 Å². The van der Waals surface area contributed by atoms with Crippen molar-refractivity contribution in [1.29, 1.82) is 0 Å². The third kappa shape index (κ3) is 2.57. The van der Waals surface area contributed by atoms with Crippen molar-refractivity contribution in [1.82, 2.24) is 18.7 Å². The minimum Gasteiger partial charge on any atom is -0.311 e. The van der Waals surface area contributed by atoms with Crippen molar-refractivity contribution in [3.63, 3.8) is 0 Å². The average molecular weight is 479 g/mol. The van der Waals surface area contributed by atoms with E-state index in [4.69, 9.17) is 0 Å². The summed E-state index contributed by atoms with van der Waals surface area (Å²) in [6.45, 7) is 0.809. The summed E-state index contributed by atoms with van der Waals surface area (Å²) >= 11 is 2.27. The van der Waals surface area contributed by atoms with Crippen molar-refractivity contribution in [2.45, 2.75) is 19.3 Å². The molecule has 1 saturated carbocycles. The molecular formula is C18H18IN5OS. The average Bonchev–Trinajstić information content (AvgIpc) is 3.10. The standard InChI is InChI=1S/C18H18IN5OS/c1-22-10-12(9-21-22)16-8-14-15(4-6-20-17(14)24(16)26-19)23-7-5-13(18(23)25)11-2-3-11/h4,6,8-11,13H,2-3,5,7H2,1H3. The van der Waals surface area contributed by atoms with Crippen molar-refractivity contribution in [2.24, 2.45) is 18.9 Å². The second-order valence-corrected chi connectivity index (χ2v) is 8.77. The van der Waals surface area contributed by atoms with Gasteiger partial charge in [0.05, 0.1) is 17.6 Å². The van der Waals surface area contributed by atoms with Gasteiger partial charge in [-0.3, -0.25) is 13.4 Å². The minimum absolute atomic E-state index is 0.219. The molecule has 3 aromatic rings. The first-order valence-corrected chi connectivity index (χ1v) is 12.1. The number of pyridine rings is 1. The highest BCUT2D eigenvalue weighted by Gasteiger charge is 2.43. The summed E-state index contributed by atoms with van der Waals surface area (Å²) in [4.78, 5) is 19.5. The SMILES string of the molecule is Cn1cc(-c2cc3c(N4CCC(C5CC5)C4=O)ccnc3n2SI)cn1. The normalized spacial score (nSPS) is 20.5. The molecule has 6 nitrogen and oxygen atoms in total. The summed E-state index contributed by atoms with van der Waals surface area (Å²) in [5.74, 6) is 1.13. The molecule has 4 heterocycles. The quantitative estimate of drug-likeness (QED) is 0.530. The summed E-state index contributed by atoms with van der Waals surface area (Å²) in [5, 5.41) is 5.32. The third-order valence-electron chi connectivity index (χ3n) is 5.44. The highest BCUT2D eigenvalue weighted by molar-refractivity contribution is 14.2. The van der Waals surface area contributed by atoms with Crippen LogP contribution in [0.5, 0.6) is 0 Å². The van der Waals surface area contributed by atoms with Crippen LogP contribution in [0.25, 0.3) is 22.3 Å². The number of amides is 1. The summed E-state index contributed by atoms with van der Waals surface area (Å²) in [6.07, 6.45) is 9.07. The molecule has 0 bridgehead atoms. The van der Waals surface area contributed by atoms with Crippen LogP contribution >= 0.6 is 30.3 Å². The summed E-state index contributed by atoms with van der Waals surface area (Å²) < 4.78 is 3.91. The number of hydrogen-bond acceptors (Lipinski definition) is 4. The number of aromatic nitrogens is 4. The number of rotatable bonds is 4. The van der Waals surface area contributed by atoms with Gasteiger partial charge in [0.25, 0.3) is 0 Å². The van der Waals surface area contributed by atoms with E-state index in [1.54, 1.807) is 13.8 Å². The summed E-state index contributed by atoms with van der Waals surface area (Å²) in [6, 6.07) is 4.11. The molecule has 26 heavy (non-hydrogen) atoms. The Morgan fingerprint density at radius 2 is 2.15 bits per heavy atom. The Hall–Kier alpha value is -1.55. The maximum Gasteiger partial charge on any atom is 0.230 e. The van der Waals surface area contributed by atoms with E-state index in [1.807, 2.05) is 36.6 Å². The Morgan fingerprint density at radius 3 is 2.85 bits per heavy atom. The van der Waals surface area contributed by atoms with E-state index in [1.165, 1.54) is 12.8 Å². The van der Waals surface area contributed by atoms with E-state index < -0.39 is 0 Å². The number of carbonyl (C=O) groups excluding carboxylic acids is 1. The van der Waals surface area contributed by atoms with Gasteiger partial charge in [0.15, 0.2) is 5.65 Å². The van der Waals surface area contributed by atoms with Gasteiger partial charge in [0, 0.05) is 73.2 Å². The van der Waals surface area contributed by atoms with Gasteiger partial charge in [-0.05, 0) is 37.3 Å². The van der Waals surface area contributed by atoms with Crippen LogP contribution in [-0.2, 0) is 11.8 Å². The van der Waals surface area contributed by atoms with E-state index in [0.717, 1.165) is 40.9 Å². The van der Waals surface area contributed by atoms with Gasteiger partial charge in [0.1, 0.15) is 0 Å². The molecule has 2 aliphatic rings. The van der Waals surface area contributed by atoms with E-state index in [-0.39, 0.29) is 11.8 Å². The Kier molecular flexibility index (Phi) is 4.00. The highest BCUT2D eigenvalue weighted by Crippen LogP contribution is 2.44. The number of aryl methyl sites for hydroxylation is 1. The van der Waals surface area contributed by atoms with Crippen LogP contribution in [0.1, 0.15) is 19.3 Å². The second-order valence-electron chi connectivity index (χ2n) is 7.09. The molecule has 1 aliphatic heterocycles. The number of hydrogen-bond donors (Lipinski definition) is 0. The zero-order valence-electron chi connectivity index (χ0n) is 14.3. The molecule has 1 amide bonds. The van der Waals surface area contributed by atoms with Crippen LogP contribution in [0.3, 0.4) is 0 Å². The molecule has 1 saturated heterocycles. The lowest BCUT2D eigenvalue weighted by molar-refractivity contribution is -0.120. The van der Waals surface area contributed by atoms with Crippen LogP contribution in [0, 0.1) is 11.8 Å². The van der Waals surface area contributed by atoms with E-state index in [9.17, 15) is 4.79 Å². The molecule has 134 valence electrons. The summed E-state index contributed by atoms with van der Waals surface area (Å²) in [5.41, 5.74) is 3.97. The van der Waals surface area contributed by atoms with Gasteiger partial charge in [-0.2, -0.15) is 5.10 Å². The first kappa shape index (κ1) is 16.6. The first-order valence-electron chi connectivity index (χ1n) is 8.77. The lowest BCUT2D eigenvalue weighted by Gasteiger charge is -2.17. The monoisotopic (exact) mass is 479 g/mol. The number of carbonyl (C=O) groups is 1. The lowest BCUT2D eigenvalue weighted by atomic mass is 10.0. The molecule has 0 radical (unpaired) electrons. The maximum absolute atomic E-state index is 12.9. The predicted octanol–water partition coefficient (Wildman–Crippen LogP) is 4.05. The van der Waals surface area contributed by atoms with Crippen LogP contribution in [0.15, 0.2) is 30.7 Å². The molecule has 3 aromatic heterocycles. The number of nitrogens with zero attached hydrogens (tertiary/aromatic N) is 5. The molecule has 8 heteroatoms. The highest BCUT2D eigenvalue weighted by atomic mass is 127. The molecule has 1 unspecified atom stereocenters. The number of anilines is 1. The fraction of sp³-hybridized carbons (Fsp3) is 0.389. The Balaban J connectivity index is 1.63. The topological polar surface area (TPSA) is 56.0 Å². The van der Waals surface area contributed by atoms with Crippen LogP contribution in [0.2, 0.25) is 0 Å². The van der Waals surface area contributed by atoms with Crippen LogP contribution < -0.4 is 4.90 Å². The van der Waals surface area contributed by atoms with Crippen molar-refractivity contribution >= 4 is 53.0 Å². The van der Waals surface area contributed by atoms with E-state index >= 15 is 0 Å².